The molecule has 0 aliphatic heterocycles. The molecule has 0 heterocycles. The molecule has 0 N–H and O–H groups in total. The van der Waals surface area contributed by atoms with Gasteiger partial charge in [0, 0.05) is 0 Å². The van der Waals surface area contributed by atoms with E-state index in [1.165, 1.54) is 7.11 Å². The van der Waals surface area contributed by atoms with E-state index in [4.69, 9.17) is 9.47 Å². The maximum Gasteiger partial charge on any atom is 0.307 e. The van der Waals surface area contributed by atoms with Crippen LogP contribution in [0.25, 0.3) is 0 Å². The van der Waals surface area contributed by atoms with Crippen molar-refractivity contribution in [2.45, 2.75) is 45.6 Å². The Hall–Kier alpha value is -1.95. The second kappa shape index (κ2) is 8.27. The number of rotatable bonds is 6. The smallest absolute Gasteiger partial charge is 0.307 e. The zero-order chi connectivity index (χ0) is 15.0. The van der Waals surface area contributed by atoms with Gasteiger partial charge in [-0.25, -0.2) is 0 Å². The minimum atomic E-state index is -0.252. The molecule has 0 amide bonds. The highest BCUT2D eigenvalue weighted by Gasteiger charge is 2.14. The summed E-state index contributed by atoms with van der Waals surface area (Å²) in [5.41, 5.74) is 1.00. The molecule has 1 aromatic carbocycles. The number of carbonyl (C=O) groups excluding carboxylic acids is 1. The van der Waals surface area contributed by atoms with E-state index in [1.807, 2.05) is 31.2 Å². The average molecular weight is 274 g/mol. The molecule has 0 bridgehead atoms. The summed E-state index contributed by atoms with van der Waals surface area (Å²) in [6.07, 6.45) is 1.43. The van der Waals surface area contributed by atoms with Crippen molar-refractivity contribution in [1.82, 2.24) is 0 Å². The van der Waals surface area contributed by atoms with E-state index in [9.17, 15) is 4.79 Å². The van der Waals surface area contributed by atoms with Crippen molar-refractivity contribution < 1.29 is 14.3 Å². The summed E-state index contributed by atoms with van der Waals surface area (Å²) in [5.74, 6) is 6.36. The molecule has 0 saturated carbocycles. The average Bonchev–Trinajstić information content (AvgIpc) is 2.47. The first kappa shape index (κ1) is 16.1. The Kier molecular flexibility index (Phi) is 6.66. The number of hydrogen-bond donors (Lipinski definition) is 0. The van der Waals surface area contributed by atoms with E-state index < -0.39 is 0 Å². The van der Waals surface area contributed by atoms with Gasteiger partial charge in [0.2, 0.25) is 0 Å². The van der Waals surface area contributed by atoms with Gasteiger partial charge in [-0.2, -0.15) is 0 Å². The molecule has 1 aromatic rings. The molecule has 1 rings (SSSR count). The van der Waals surface area contributed by atoms with Gasteiger partial charge in [-0.15, -0.1) is 5.92 Å². The minimum Gasteiger partial charge on any atom is -0.491 e. The van der Waals surface area contributed by atoms with Gasteiger partial charge in [0.25, 0.3) is 0 Å². The Morgan fingerprint density at radius 2 is 1.95 bits per heavy atom. The molecule has 0 spiro atoms. The molecule has 0 fully saturated rings. The van der Waals surface area contributed by atoms with Crippen LogP contribution in [0, 0.1) is 11.8 Å². The Morgan fingerprint density at radius 3 is 2.45 bits per heavy atom. The molecule has 0 aliphatic carbocycles. The molecule has 0 aromatic heterocycles. The maximum absolute atomic E-state index is 11.4. The van der Waals surface area contributed by atoms with Crippen molar-refractivity contribution in [3.8, 4) is 17.6 Å². The lowest BCUT2D eigenvalue weighted by Crippen LogP contribution is -2.10. The zero-order valence-electron chi connectivity index (χ0n) is 12.6. The van der Waals surface area contributed by atoms with Gasteiger partial charge in [0.1, 0.15) is 5.75 Å². The van der Waals surface area contributed by atoms with Crippen molar-refractivity contribution in [2.24, 2.45) is 0 Å². The lowest BCUT2D eigenvalue weighted by molar-refractivity contribution is -0.140. The van der Waals surface area contributed by atoms with Crippen molar-refractivity contribution in [3.05, 3.63) is 29.8 Å². The summed E-state index contributed by atoms with van der Waals surface area (Å²) in [5, 5.41) is 0. The third kappa shape index (κ3) is 4.97. The van der Waals surface area contributed by atoms with Gasteiger partial charge in [0.05, 0.1) is 25.6 Å². The first-order valence-electron chi connectivity index (χ1n) is 6.86. The van der Waals surface area contributed by atoms with Gasteiger partial charge in [-0.1, -0.05) is 25.0 Å². The maximum atomic E-state index is 11.4. The molecule has 0 unspecified atom stereocenters. The fourth-order valence-corrected chi connectivity index (χ4v) is 1.77. The highest BCUT2D eigenvalue weighted by Crippen LogP contribution is 2.23. The fourth-order valence-electron chi connectivity index (χ4n) is 1.77. The molecule has 20 heavy (non-hydrogen) atoms. The van der Waals surface area contributed by atoms with E-state index in [0.717, 1.165) is 17.7 Å². The number of ether oxygens (including phenoxy) is 2. The topological polar surface area (TPSA) is 35.5 Å². The van der Waals surface area contributed by atoms with E-state index >= 15 is 0 Å². The summed E-state index contributed by atoms with van der Waals surface area (Å²) < 4.78 is 10.4. The number of esters is 1. The van der Waals surface area contributed by atoms with Crippen LogP contribution in [0.3, 0.4) is 0 Å². The predicted octanol–water partition coefficient (Wildman–Crippen LogP) is 3.53. The van der Waals surface area contributed by atoms with Crippen LogP contribution >= 0.6 is 0 Å². The number of carbonyl (C=O) groups is 1. The van der Waals surface area contributed by atoms with Gasteiger partial charge in [-0.05, 0) is 38.0 Å². The van der Waals surface area contributed by atoms with Crippen LogP contribution in [0.1, 0.15) is 45.1 Å². The molecule has 3 heteroatoms. The summed E-state index contributed by atoms with van der Waals surface area (Å²) in [6, 6.07) is 7.75. The number of methoxy groups -OCH3 is 1. The Morgan fingerprint density at radius 1 is 1.30 bits per heavy atom. The lowest BCUT2D eigenvalue weighted by Gasteiger charge is -2.14. The lowest BCUT2D eigenvalue weighted by atomic mass is 9.96. The van der Waals surface area contributed by atoms with Crippen LogP contribution in [0.15, 0.2) is 24.3 Å². The van der Waals surface area contributed by atoms with Gasteiger partial charge >= 0.3 is 5.97 Å². The molecule has 0 radical (unpaired) electrons. The van der Waals surface area contributed by atoms with E-state index in [2.05, 4.69) is 18.8 Å². The van der Waals surface area contributed by atoms with Crippen LogP contribution < -0.4 is 4.74 Å². The first-order valence-corrected chi connectivity index (χ1v) is 6.86. The van der Waals surface area contributed by atoms with E-state index in [-0.39, 0.29) is 24.4 Å². The fraction of sp³-hybridized carbons (Fsp3) is 0.471. The van der Waals surface area contributed by atoms with Crippen molar-refractivity contribution >= 4 is 5.97 Å². The highest BCUT2D eigenvalue weighted by atomic mass is 16.5. The van der Waals surface area contributed by atoms with Crippen LogP contribution in [-0.4, -0.2) is 19.2 Å². The third-order valence-electron chi connectivity index (χ3n) is 3.11. The molecule has 2 atom stereocenters. The molecule has 108 valence electrons. The third-order valence-corrected chi connectivity index (χ3v) is 3.11. The largest absolute Gasteiger partial charge is 0.491 e. The molecule has 0 saturated heterocycles. The van der Waals surface area contributed by atoms with Gasteiger partial charge in [-0.3, -0.25) is 4.79 Å². The molecular formula is C17H22O3. The van der Waals surface area contributed by atoms with Gasteiger partial charge < -0.3 is 9.47 Å². The summed E-state index contributed by atoms with van der Waals surface area (Å²) in [7, 11) is 1.39. The monoisotopic (exact) mass is 274 g/mol. The van der Waals surface area contributed by atoms with Crippen molar-refractivity contribution in [2.75, 3.05) is 7.11 Å². The molecule has 3 nitrogen and oxygen atoms in total. The normalized spacial score (nSPS) is 12.8. The summed E-state index contributed by atoms with van der Waals surface area (Å²) >= 11 is 0. The highest BCUT2D eigenvalue weighted by molar-refractivity contribution is 5.71. The summed E-state index contributed by atoms with van der Waals surface area (Å²) in [4.78, 5) is 11.4. The predicted molar refractivity (Wildman–Crippen MR) is 79.6 cm³/mol. The van der Waals surface area contributed by atoms with Crippen molar-refractivity contribution in [3.63, 3.8) is 0 Å². The first-order chi connectivity index (χ1) is 9.60. The Bertz CT molecular complexity index is 479. The molecule has 0 aliphatic rings. The minimum absolute atomic E-state index is 0.134. The Balaban J connectivity index is 2.81. The van der Waals surface area contributed by atoms with E-state index in [0.29, 0.717) is 0 Å². The standard InChI is InChI=1S/C17H22O3/c1-5-7-15(12-17(18)19-4)14-8-10-16(11-9-14)20-13(3)6-2/h8-11,13,15H,6,12H2,1-4H3/t13-,15+/m1/s1. The molecular weight excluding hydrogens is 252 g/mol. The number of hydrogen-bond acceptors (Lipinski definition) is 3. The van der Waals surface area contributed by atoms with Gasteiger partial charge in [0.15, 0.2) is 0 Å². The van der Waals surface area contributed by atoms with Crippen LogP contribution in [0.2, 0.25) is 0 Å². The second-order valence-corrected chi connectivity index (χ2v) is 4.63. The van der Waals surface area contributed by atoms with E-state index in [1.54, 1.807) is 6.92 Å². The zero-order valence-corrected chi connectivity index (χ0v) is 12.6. The van der Waals surface area contributed by atoms with Crippen molar-refractivity contribution in [1.29, 1.82) is 0 Å². The Labute approximate surface area is 121 Å². The second-order valence-electron chi connectivity index (χ2n) is 4.63. The van der Waals surface area contributed by atoms with Crippen LogP contribution in [-0.2, 0) is 9.53 Å². The SMILES string of the molecule is CC#C[C@@H](CC(=O)OC)c1ccc(O[C@H](C)CC)cc1. The summed E-state index contributed by atoms with van der Waals surface area (Å²) in [6.45, 7) is 5.89. The van der Waals surface area contributed by atoms with Crippen LogP contribution in [0.5, 0.6) is 5.75 Å². The quantitative estimate of drug-likeness (QED) is 0.588. The van der Waals surface area contributed by atoms with Crippen LogP contribution in [0.4, 0.5) is 0 Å². The number of benzene rings is 1.